The molecule has 7 heterocycles. The van der Waals surface area contributed by atoms with Crippen LogP contribution in [0, 0.1) is 0 Å². The lowest BCUT2D eigenvalue weighted by molar-refractivity contribution is -0.689. The van der Waals surface area contributed by atoms with Crippen LogP contribution in [0.4, 0.5) is 10.3 Å². The molecule has 0 saturated carbocycles. The second kappa shape index (κ2) is 19.3. The molecule has 0 spiro atoms. The molecule has 0 aromatic carbocycles. The molecule has 0 unspecified atom stereocenters. The number of nitrogen functional groups attached to an aromatic ring is 2. The minimum absolute atomic E-state index is 0.00795. The van der Waals surface area contributed by atoms with Crippen LogP contribution in [0.5, 0.6) is 0 Å². The van der Waals surface area contributed by atoms with Gasteiger partial charge >= 0.3 is 17.9 Å². The summed E-state index contributed by atoms with van der Waals surface area (Å²) in [7, 11) is 0. The highest BCUT2D eigenvalue weighted by Gasteiger charge is 2.54. The maximum Gasteiger partial charge on any atom is 0.352 e. The minimum Gasteiger partial charge on any atom is -0.543 e. The van der Waals surface area contributed by atoms with Gasteiger partial charge in [-0.05, 0) is 19.9 Å². The molecule has 3 aromatic rings. The number of nitrogens with two attached hydrogens (primary N) is 2. The first-order valence-corrected chi connectivity index (χ1v) is 22.3. The number of pyridine rings is 1. The van der Waals surface area contributed by atoms with Crippen molar-refractivity contribution in [3.05, 3.63) is 81.9 Å². The van der Waals surface area contributed by atoms with Crippen molar-refractivity contribution in [2.24, 2.45) is 5.16 Å². The van der Waals surface area contributed by atoms with E-state index in [0.29, 0.717) is 17.1 Å². The second-order valence-corrected chi connectivity index (χ2v) is 18.2. The Balaban J connectivity index is 0.000000223. The maximum absolute atomic E-state index is 13.1. The van der Waals surface area contributed by atoms with Crippen molar-refractivity contribution in [3.8, 4) is 0 Å². The fraction of sp³-hybridized carbons (Fsp3) is 0.297. The lowest BCUT2D eigenvalue weighted by Gasteiger charge is -2.50. The molecule has 7 rings (SSSR count). The summed E-state index contributed by atoms with van der Waals surface area (Å²) in [4.78, 5) is 112. The number of aromatic nitrogens is 3. The number of aliphatic carboxylic acids is 4. The van der Waals surface area contributed by atoms with Crippen molar-refractivity contribution in [3.63, 3.8) is 0 Å². The molecule has 3 aromatic heterocycles. The van der Waals surface area contributed by atoms with E-state index < -0.39 is 82.4 Å². The number of nitrogens with zero attached hydrogens (tertiary/aromatic N) is 6. The number of anilines is 2. The first-order chi connectivity index (χ1) is 30.3. The van der Waals surface area contributed by atoms with Gasteiger partial charge in [-0.25, -0.2) is 24.1 Å². The van der Waals surface area contributed by atoms with Gasteiger partial charge in [-0.2, -0.15) is 0 Å². The van der Waals surface area contributed by atoms with Crippen LogP contribution in [-0.4, -0.2) is 128 Å². The van der Waals surface area contributed by atoms with Crippen molar-refractivity contribution in [1.82, 2.24) is 30.4 Å². The molecular formula is C37H36N10O13S4. The van der Waals surface area contributed by atoms with E-state index in [1.165, 1.54) is 60.3 Å². The summed E-state index contributed by atoms with van der Waals surface area (Å²) in [5.74, 6) is -7.16. The van der Waals surface area contributed by atoms with E-state index in [4.69, 9.17) is 26.5 Å². The Morgan fingerprint density at radius 3 is 2.08 bits per heavy atom. The Hall–Kier alpha value is -6.84. The van der Waals surface area contributed by atoms with E-state index in [-0.39, 0.29) is 50.9 Å². The van der Waals surface area contributed by atoms with Crippen molar-refractivity contribution in [1.29, 1.82) is 0 Å². The van der Waals surface area contributed by atoms with E-state index in [1.807, 2.05) is 6.07 Å². The number of carboxylic acid groups (broad SMARTS) is 4. The Bertz CT molecular complexity index is 2560. The summed E-state index contributed by atoms with van der Waals surface area (Å²) in [5.41, 5.74) is 9.50. The van der Waals surface area contributed by atoms with Crippen LogP contribution in [0.15, 0.2) is 75.6 Å². The molecule has 4 aliphatic heterocycles. The quantitative estimate of drug-likeness (QED) is 0.0304. The van der Waals surface area contributed by atoms with Crippen LogP contribution in [0.1, 0.15) is 31.7 Å². The number of rotatable bonds is 15. The molecular weight excluding hydrogens is 921 g/mol. The van der Waals surface area contributed by atoms with Gasteiger partial charge in [0.25, 0.3) is 23.6 Å². The van der Waals surface area contributed by atoms with Gasteiger partial charge in [0.05, 0.1) is 29.4 Å². The third kappa shape index (κ3) is 10.0. The summed E-state index contributed by atoms with van der Waals surface area (Å²) in [5, 5.41) is 50.1. The fourth-order valence-corrected chi connectivity index (χ4v) is 9.87. The van der Waals surface area contributed by atoms with Crippen molar-refractivity contribution in [2.75, 3.05) is 23.0 Å². The highest BCUT2D eigenvalue weighted by Crippen LogP contribution is 2.40. The van der Waals surface area contributed by atoms with Crippen LogP contribution in [-0.2, 0) is 49.7 Å². The van der Waals surface area contributed by atoms with E-state index >= 15 is 0 Å². The van der Waals surface area contributed by atoms with Crippen LogP contribution in [0.25, 0.3) is 5.57 Å². The Morgan fingerprint density at radius 1 is 0.922 bits per heavy atom. The lowest BCUT2D eigenvalue weighted by Crippen LogP contribution is -2.71. The molecule has 4 atom stereocenters. The van der Waals surface area contributed by atoms with Gasteiger partial charge < -0.3 is 52.2 Å². The topological polar surface area (TPSA) is 354 Å². The standard InChI is InChI=1S/C22H22N6O7S2.C15H14N4O6S2/c1-22(2,20(33)34)35-26-13(12-10-37-21(23)24-12)16(29)25-14-17(30)28-15(19(31)32)11(9-36-18(14)28)8-27-6-4-3-5-7-27;16-15-17-7(5-27-15)6(1-2-9(20)21)11(22)18-10-12(23)19-8(14(24)25)3-4-26-13(10)19/h3-7,10,14,18H,8-9H2,1-2H3,(H4-,23,24,25,29,31,32,33,34);1,3,5,10,13H,2,4H2,(H2,16,17)(H,18,22)(H,20,21)(H,24,25)/b26-13-;6-1-/t14-,18-;10-,13-/m11/s1. The van der Waals surface area contributed by atoms with Gasteiger partial charge in [0.2, 0.25) is 5.60 Å². The molecule has 336 valence electrons. The summed E-state index contributed by atoms with van der Waals surface area (Å²) in [6.45, 7) is 2.74. The largest absolute Gasteiger partial charge is 0.543 e. The monoisotopic (exact) mass is 956 g/mol. The third-order valence-electron chi connectivity index (χ3n) is 9.41. The van der Waals surface area contributed by atoms with Crippen molar-refractivity contribution >= 4 is 115 Å². The smallest absolute Gasteiger partial charge is 0.352 e. The molecule has 27 heteroatoms. The van der Waals surface area contributed by atoms with Gasteiger partial charge in [0, 0.05) is 40.0 Å². The molecule has 9 N–H and O–H groups in total. The third-order valence-corrected chi connectivity index (χ3v) is 13.3. The predicted octanol–water partition coefficient (Wildman–Crippen LogP) is -1.35. The average molecular weight is 957 g/mol. The molecule has 0 radical (unpaired) electrons. The zero-order valence-corrected chi connectivity index (χ0v) is 36.5. The van der Waals surface area contributed by atoms with E-state index in [2.05, 4.69) is 25.8 Å². The summed E-state index contributed by atoms with van der Waals surface area (Å²) in [6, 6.07) is 3.46. The molecule has 4 amide bonds. The first kappa shape index (κ1) is 46.7. The summed E-state index contributed by atoms with van der Waals surface area (Å²) < 4.78 is 1.78. The molecule has 64 heavy (non-hydrogen) atoms. The minimum atomic E-state index is -1.75. The molecule has 2 saturated heterocycles. The van der Waals surface area contributed by atoms with Crippen LogP contribution < -0.4 is 31.8 Å². The molecule has 2 fully saturated rings. The first-order valence-electron chi connectivity index (χ1n) is 18.4. The number of β-lactam (4-membered cyclic amide) rings is 2. The van der Waals surface area contributed by atoms with Crippen molar-refractivity contribution in [2.45, 2.75) is 55.2 Å². The number of hydrogen-bond acceptors (Lipinski definition) is 19. The number of carbonyl (C=O) groups is 8. The number of thiazole rings is 2. The predicted molar refractivity (Wildman–Crippen MR) is 227 cm³/mol. The van der Waals surface area contributed by atoms with Gasteiger partial charge in [0.15, 0.2) is 34.9 Å². The highest BCUT2D eigenvalue weighted by atomic mass is 32.2. The molecule has 0 aliphatic carbocycles. The number of nitrogens with one attached hydrogen (secondary N) is 2. The highest BCUT2D eigenvalue weighted by molar-refractivity contribution is 8.00. The zero-order valence-electron chi connectivity index (χ0n) is 33.2. The van der Waals surface area contributed by atoms with Crippen LogP contribution in [0.2, 0.25) is 0 Å². The second-order valence-electron chi connectivity index (χ2n) is 14.1. The van der Waals surface area contributed by atoms with Gasteiger partial charge in [-0.3, -0.25) is 33.8 Å². The lowest BCUT2D eigenvalue weighted by atomic mass is 10.0. The van der Waals surface area contributed by atoms with Gasteiger partial charge in [0.1, 0.15) is 34.2 Å². The number of hydrogen-bond donors (Lipinski definition) is 7. The van der Waals surface area contributed by atoms with Crippen LogP contribution in [0.3, 0.4) is 0 Å². The Labute approximate surface area is 377 Å². The van der Waals surface area contributed by atoms with E-state index in [9.17, 15) is 48.6 Å². The summed E-state index contributed by atoms with van der Waals surface area (Å²) in [6.07, 6.45) is 5.78. The molecule has 23 nitrogen and oxygen atoms in total. The van der Waals surface area contributed by atoms with Crippen molar-refractivity contribution < 1.29 is 68.2 Å². The molecule has 4 aliphatic rings. The normalized spacial score (nSPS) is 20.6. The number of thioether (sulfide) groups is 2. The fourth-order valence-electron chi connectivity index (χ4n) is 6.23. The summed E-state index contributed by atoms with van der Waals surface area (Å²) >= 11 is 4.73. The number of carboxylic acids is 4. The zero-order chi connectivity index (χ0) is 46.6. The van der Waals surface area contributed by atoms with Crippen LogP contribution >= 0.6 is 46.2 Å². The Kier molecular flexibility index (Phi) is 14.1. The SMILES string of the molecule is CC(C)(O/N=C(\C(=O)N[C@@H]1C(=O)N2C(C(=O)[O-])=C(C[n+]3ccccc3)CS[C@H]12)c1csc(N)n1)C(=O)O.Nc1nc(/C(=C/CC(=O)O)C(=O)N[C@@H]2C(=O)N3C(C(=O)O)=CCS[C@H]23)cs1. The number of carbonyl (C=O) groups excluding carboxylic acids is 5. The number of fused-ring (bicyclic) bond motifs is 2. The average Bonchev–Trinajstić information content (AvgIpc) is 3.89. The van der Waals surface area contributed by atoms with Gasteiger partial charge in [-0.1, -0.05) is 17.3 Å². The molecule has 0 bridgehead atoms. The number of oxime groups is 1. The van der Waals surface area contributed by atoms with E-state index in [0.717, 1.165) is 32.5 Å². The van der Waals surface area contributed by atoms with Gasteiger partial charge in [-0.15, -0.1) is 46.2 Å². The van der Waals surface area contributed by atoms with E-state index in [1.54, 1.807) is 29.1 Å². The number of amides is 4. The Morgan fingerprint density at radius 2 is 1.52 bits per heavy atom. The maximum atomic E-state index is 13.1.